The zero-order valence-corrected chi connectivity index (χ0v) is 10.9. The number of carbonyl (C=O) groups is 2. The molecule has 1 saturated carbocycles. The molecule has 20 heavy (non-hydrogen) atoms. The molecule has 0 aliphatic heterocycles. The van der Waals surface area contributed by atoms with Crippen molar-refractivity contribution in [3.63, 3.8) is 0 Å². The van der Waals surface area contributed by atoms with Crippen LogP contribution < -0.4 is 5.32 Å². The van der Waals surface area contributed by atoms with Gasteiger partial charge in [0, 0.05) is 23.0 Å². The summed E-state index contributed by atoms with van der Waals surface area (Å²) >= 11 is 0. The van der Waals surface area contributed by atoms with E-state index in [4.69, 9.17) is 5.11 Å². The molecular formula is C15H16N2O3. The Hall–Kier alpha value is -2.30. The molecule has 104 valence electrons. The summed E-state index contributed by atoms with van der Waals surface area (Å²) in [6, 6.07) is 7.60. The number of hydrogen-bond donors (Lipinski definition) is 3. The maximum atomic E-state index is 12.2. The number of aromatic nitrogens is 1. The Morgan fingerprint density at radius 1 is 1.20 bits per heavy atom. The molecule has 3 N–H and O–H groups in total. The third kappa shape index (κ3) is 2.27. The molecule has 1 aliphatic carbocycles. The minimum absolute atomic E-state index is 0.0811. The van der Waals surface area contributed by atoms with Crippen LogP contribution in [0, 0.1) is 11.8 Å². The second-order valence-electron chi connectivity index (χ2n) is 5.28. The average Bonchev–Trinajstić information content (AvgIpc) is 3.08. The van der Waals surface area contributed by atoms with Gasteiger partial charge in [-0.25, -0.2) is 0 Å². The number of nitrogens with one attached hydrogen (secondary N) is 2. The third-order valence-electron chi connectivity index (χ3n) is 4.01. The van der Waals surface area contributed by atoms with Crippen molar-refractivity contribution in [2.75, 3.05) is 5.32 Å². The molecule has 1 aromatic heterocycles. The van der Waals surface area contributed by atoms with Gasteiger partial charge in [0.05, 0.1) is 11.6 Å². The second-order valence-corrected chi connectivity index (χ2v) is 5.28. The predicted octanol–water partition coefficient (Wildman–Crippen LogP) is 2.61. The van der Waals surface area contributed by atoms with Crippen molar-refractivity contribution in [3.05, 3.63) is 30.5 Å². The van der Waals surface area contributed by atoms with Crippen molar-refractivity contribution in [2.24, 2.45) is 11.8 Å². The average molecular weight is 272 g/mol. The molecule has 1 heterocycles. The normalized spacial score (nSPS) is 22.0. The fourth-order valence-electron chi connectivity index (χ4n) is 2.87. The first-order chi connectivity index (χ1) is 9.65. The van der Waals surface area contributed by atoms with Gasteiger partial charge >= 0.3 is 5.97 Å². The Labute approximate surface area is 116 Å². The van der Waals surface area contributed by atoms with Crippen LogP contribution in [0.2, 0.25) is 0 Å². The highest BCUT2D eigenvalue weighted by Gasteiger charge is 2.33. The van der Waals surface area contributed by atoms with Gasteiger partial charge in [0.15, 0.2) is 0 Å². The number of benzene rings is 1. The molecule has 1 aromatic carbocycles. The summed E-state index contributed by atoms with van der Waals surface area (Å²) in [5.41, 5.74) is 1.74. The van der Waals surface area contributed by atoms with Gasteiger partial charge in [0.2, 0.25) is 5.91 Å². The highest BCUT2D eigenvalue weighted by Crippen LogP contribution is 2.32. The van der Waals surface area contributed by atoms with Gasteiger partial charge in [0.1, 0.15) is 0 Å². The van der Waals surface area contributed by atoms with E-state index >= 15 is 0 Å². The number of aromatic amines is 1. The van der Waals surface area contributed by atoms with E-state index in [0.717, 1.165) is 16.6 Å². The van der Waals surface area contributed by atoms with Gasteiger partial charge in [-0.15, -0.1) is 0 Å². The molecule has 0 spiro atoms. The smallest absolute Gasteiger partial charge is 0.306 e. The summed E-state index contributed by atoms with van der Waals surface area (Å²) in [5.74, 6) is -1.46. The second kappa shape index (κ2) is 5.00. The third-order valence-corrected chi connectivity index (χ3v) is 4.01. The monoisotopic (exact) mass is 272 g/mol. The van der Waals surface area contributed by atoms with Crippen LogP contribution in [0.15, 0.2) is 30.5 Å². The molecule has 2 atom stereocenters. The van der Waals surface area contributed by atoms with Gasteiger partial charge in [-0.3, -0.25) is 9.59 Å². The Kier molecular flexibility index (Phi) is 3.18. The Morgan fingerprint density at radius 3 is 2.75 bits per heavy atom. The number of carbonyl (C=O) groups excluding carboxylic acids is 1. The van der Waals surface area contributed by atoms with E-state index in [0.29, 0.717) is 19.3 Å². The van der Waals surface area contributed by atoms with Gasteiger partial charge in [-0.2, -0.15) is 0 Å². The van der Waals surface area contributed by atoms with E-state index in [9.17, 15) is 9.59 Å². The summed E-state index contributed by atoms with van der Waals surface area (Å²) in [4.78, 5) is 26.3. The van der Waals surface area contributed by atoms with Gasteiger partial charge < -0.3 is 15.4 Å². The lowest BCUT2D eigenvalue weighted by Crippen LogP contribution is -2.21. The predicted molar refractivity (Wildman–Crippen MR) is 75.4 cm³/mol. The number of aliphatic carboxylic acids is 1. The van der Waals surface area contributed by atoms with Crippen LogP contribution in [0.3, 0.4) is 0 Å². The van der Waals surface area contributed by atoms with E-state index in [-0.39, 0.29) is 17.7 Å². The number of rotatable bonds is 3. The first-order valence-electron chi connectivity index (χ1n) is 6.75. The quantitative estimate of drug-likeness (QED) is 0.803. The Bertz CT molecular complexity index is 662. The van der Waals surface area contributed by atoms with Crippen LogP contribution in [0.5, 0.6) is 0 Å². The van der Waals surface area contributed by atoms with Crippen LogP contribution in [-0.2, 0) is 9.59 Å². The molecule has 5 heteroatoms. The zero-order chi connectivity index (χ0) is 14.1. The van der Waals surface area contributed by atoms with Crippen LogP contribution in [0.4, 0.5) is 5.69 Å². The lowest BCUT2D eigenvalue weighted by Gasteiger charge is -2.11. The molecule has 1 amide bonds. The number of amides is 1. The molecule has 1 fully saturated rings. The van der Waals surface area contributed by atoms with E-state index < -0.39 is 5.97 Å². The number of H-pyrrole nitrogens is 1. The van der Waals surface area contributed by atoms with Crippen molar-refractivity contribution in [2.45, 2.75) is 19.3 Å². The Balaban J connectivity index is 1.73. The minimum Gasteiger partial charge on any atom is -0.481 e. The van der Waals surface area contributed by atoms with Crippen LogP contribution in [-0.4, -0.2) is 22.0 Å². The molecule has 3 rings (SSSR count). The zero-order valence-electron chi connectivity index (χ0n) is 10.9. The van der Waals surface area contributed by atoms with Crippen molar-refractivity contribution in [1.29, 1.82) is 0 Å². The fourth-order valence-corrected chi connectivity index (χ4v) is 2.87. The number of fused-ring (bicyclic) bond motifs is 1. The van der Waals surface area contributed by atoms with Crippen molar-refractivity contribution >= 4 is 28.5 Å². The SMILES string of the molecule is O=C(O)[C@@H]1CC[C@H](C(=O)Nc2cccc3[nH]ccc23)C1. The topological polar surface area (TPSA) is 82.2 Å². The van der Waals surface area contributed by atoms with E-state index in [1.807, 2.05) is 30.5 Å². The standard InChI is InChI=1S/C15H16N2O3/c18-14(9-4-5-10(8-9)15(19)20)17-13-3-1-2-12-11(13)6-7-16-12/h1-3,6-7,9-10,16H,4-5,8H2,(H,17,18)(H,19,20)/t9-,10+/m0/s1. The number of hydrogen-bond acceptors (Lipinski definition) is 2. The molecule has 0 bridgehead atoms. The molecule has 2 aromatic rings. The maximum Gasteiger partial charge on any atom is 0.306 e. The van der Waals surface area contributed by atoms with Gasteiger partial charge in [-0.05, 0) is 37.5 Å². The van der Waals surface area contributed by atoms with Crippen molar-refractivity contribution < 1.29 is 14.7 Å². The van der Waals surface area contributed by atoms with Crippen molar-refractivity contribution in [3.8, 4) is 0 Å². The van der Waals surface area contributed by atoms with Crippen LogP contribution in [0.1, 0.15) is 19.3 Å². The van der Waals surface area contributed by atoms with Gasteiger partial charge in [-0.1, -0.05) is 6.07 Å². The van der Waals surface area contributed by atoms with Crippen LogP contribution in [0.25, 0.3) is 10.9 Å². The first-order valence-corrected chi connectivity index (χ1v) is 6.75. The van der Waals surface area contributed by atoms with E-state index in [1.165, 1.54) is 0 Å². The molecule has 0 saturated heterocycles. The number of carboxylic acids is 1. The fraction of sp³-hybridized carbons (Fsp3) is 0.333. The summed E-state index contributed by atoms with van der Waals surface area (Å²) in [7, 11) is 0. The summed E-state index contributed by atoms with van der Waals surface area (Å²) < 4.78 is 0. The van der Waals surface area contributed by atoms with E-state index in [1.54, 1.807) is 0 Å². The summed E-state index contributed by atoms with van der Waals surface area (Å²) in [6.07, 6.45) is 3.49. The first kappa shape index (κ1) is 12.7. The molecule has 0 unspecified atom stereocenters. The number of anilines is 1. The van der Waals surface area contributed by atoms with Crippen molar-refractivity contribution in [1.82, 2.24) is 4.98 Å². The summed E-state index contributed by atoms with van der Waals surface area (Å²) in [5, 5.41) is 12.9. The molecule has 0 radical (unpaired) electrons. The van der Waals surface area contributed by atoms with E-state index in [2.05, 4.69) is 10.3 Å². The maximum absolute atomic E-state index is 12.2. The lowest BCUT2D eigenvalue weighted by molar-refractivity contribution is -0.141. The lowest BCUT2D eigenvalue weighted by atomic mass is 10.0. The highest BCUT2D eigenvalue weighted by atomic mass is 16.4. The molecule has 5 nitrogen and oxygen atoms in total. The number of carboxylic acid groups (broad SMARTS) is 1. The Morgan fingerprint density at radius 2 is 2.00 bits per heavy atom. The molecular weight excluding hydrogens is 256 g/mol. The highest BCUT2D eigenvalue weighted by molar-refractivity contribution is 6.02. The molecule has 1 aliphatic rings. The van der Waals surface area contributed by atoms with Gasteiger partial charge in [0.25, 0.3) is 0 Å². The largest absolute Gasteiger partial charge is 0.481 e. The van der Waals surface area contributed by atoms with Crippen LogP contribution >= 0.6 is 0 Å². The minimum atomic E-state index is -0.798. The summed E-state index contributed by atoms with van der Waals surface area (Å²) in [6.45, 7) is 0.